The summed E-state index contributed by atoms with van der Waals surface area (Å²) >= 11 is 0. The van der Waals surface area contributed by atoms with Crippen molar-refractivity contribution in [3.8, 4) is 0 Å². The average Bonchev–Trinajstić information content (AvgIpc) is 1.21. The summed E-state index contributed by atoms with van der Waals surface area (Å²) in [6.07, 6.45) is 0. The fourth-order valence-corrected chi connectivity index (χ4v) is 0.261. The molecule has 0 amide bonds. The molecule has 56 valence electrons. The Morgan fingerprint density at radius 1 is 1.56 bits per heavy atom. The molecular formula is CH6NO6P. The Bertz CT molecular complexity index is 136. The van der Waals surface area contributed by atoms with Gasteiger partial charge in [-0.05, 0) is 0 Å². The van der Waals surface area contributed by atoms with Crippen LogP contribution in [0, 0.1) is 10.1 Å². The van der Waals surface area contributed by atoms with Crippen molar-refractivity contribution < 1.29 is 24.1 Å². The summed E-state index contributed by atoms with van der Waals surface area (Å²) < 4.78 is 12.3. The van der Waals surface area contributed by atoms with E-state index in [2.05, 4.69) is 4.62 Å². The molecule has 8 heteroatoms. The molecular weight excluding hydrogens is 153 g/mol. The van der Waals surface area contributed by atoms with Gasteiger partial charge in [0.25, 0.3) is 0 Å². The van der Waals surface area contributed by atoms with E-state index < -0.39 is 12.9 Å². The van der Waals surface area contributed by atoms with Crippen LogP contribution < -0.4 is 0 Å². The first kappa shape index (κ1) is 11.2. The molecule has 0 aliphatic heterocycles. The highest BCUT2D eigenvalue weighted by Gasteiger charge is 2.17. The first-order valence-corrected chi connectivity index (χ1v) is 2.84. The Balaban J connectivity index is 0. The lowest BCUT2D eigenvalue weighted by atomic mass is 12.0. The fourth-order valence-electron chi connectivity index (χ4n) is 0.0868. The van der Waals surface area contributed by atoms with Crippen molar-refractivity contribution in [1.29, 1.82) is 0 Å². The van der Waals surface area contributed by atoms with Crippen LogP contribution in [0.15, 0.2) is 0 Å². The standard InChI is InChI=1S/CH4.H2NO6P/c;2-1(3)7-8(4,5)6/h1H4;(H2,4,5,6). The van der Waals surface area contributed by atoms with Crippen LogP contribution in [0.2, 0.25) is 0 Å². The lowest BCUT2D eigenvalue weighted by Gasteiger charge is -1.95. The quantitative estimate of drug-likeness (QED) is 0.331. The first-order chi connectivity index (χ1) is 3.42. The third-order valence-corrected chi connectivity index (χ3v) is 0.519. The van der Waals surface area contributed by atoms with E-state index in [-0.39, 0.29) is 7.43 Å². The van der Waals surface area contributed by atoms with Crippen LogP contribution in [0.4, 0.5) is 0 Å². The monoisotopic (exact) mass is 159 g/mol. The van der Waals surface area contributed by atoms with Gasteiger partial charge in [-0.25, -0.2) is 4.57 Å². The molecule has 0 aromatic carbocycles. The molecule has 0 atom stereocenters. The molecule has 9 heavy (non-hydrogen) atoms. The van der Waals surface area contributed by atoms with Gasteiger partial charge in [0.15, 0.2) is 0 Å². The molecule has 0 radical (unpaired) electrons. The smallest absolute Gasteiger partial charge is 0.305 e. The van der Waals surface area contributed by atoms with Crippen LogP contribution in [0.1, 0.15) is 7.43 Å². The molecule has 0 aromatic heterocycles. The van der Waals surface area contributed by atoms with E-state index in [9.17, 15) is 4.57 Å². The SMILES string of the molecule is C.O=[N+]([O-])OP(=O)(O)O. The average molecular weight is 159 g/mol. The molecule has 0 heterocycles. The van der Waals surface area contributed by atoms with Crippen LogP contribution in [0.25, 0.3) is 0 Å². The molecule has 0 saturated carbocycles. The fraction of sp³-hybridized carbons (Fsp3) is 1.00. The van der Waals surface area contributed by atoms with Crippen LogP contribution in [0.3, 0.4) is 0 Å². The summed E-state index contributed by atoms with van der Waals surface area (Å²) in [5, 5.41) is 7.55. The van der Waals surface area contributed by atoms with Gasteiger partial charge in [0.05, 0.1) is 0 Å². The summed E-state index contributed by atoms with van der Waals surface area (Å²) in [6, 6.07) is 0. The number of hydrogen-bond acceptors (Lipinski definition) is 4. The summed E-state index contributed by atoms with van der Waals surface area (Å²) in [5.74, 6) is 0. The van der Waals surface area contributed by atoms with E-state index in [0.29, 0.717) is 0 Å². The lowest BCUT2D eigenvalue weighted by molar-refractivity contribution is -0.718. The first-order valence-electron chi connectivity index (χ1n) is 1.31. The third-order valence-electron chi connectivity index (χ3n) is 0.173. The second-order valence-electron chi connectivity index (χ2n) is 0.796. The third kappa shape index (κ3) is 11.1. The van der Waals surface area contributed by atoms with Crippen LogP contribution in [-0.4, -0.2) is 14.9 Å². The van der Waals surface area contributed by atoms with Gasteiger partial charge in [-0.3, -0.25) is 0 Å². The minimum absolute atomic E-state index is 0. The Hall–Kier alpha value is -0.650. The van der Waals surface area contributed by atoms with E-state index in [1.165, 1.54) is 0 Å². The van der Waals surface area contributed by atoms with Crippen LogP contribution in [0.5, 0.6) is 0 Å². The topological polar surface area (TPSA) is 110 Å². The zero-order chi connectivity index (χ0) is 6.78. The molecule has 0 aliphatic carbocycles. The van der Waals surface area contributed by atoms with Crippen molar-refractivity contribution >= 4 is 7.82 Å². The van der Waals surface area contributed by atoms with Crippen LogP contribution >= 0.6 is 7.82 Å². The zero-order valence-electron chi connectivity index (χ0n) is 3.42. The van der Waals surface area contributed by atoms with E-state index in [4.69, 9.17) is 19.9 Å². The highest BCUT2D eigenvalue weighted by molar-refractivity contribution is 7.46. The maximum atomic E-state index is 9.47. The molecule has 0 spiro atoms. The molecule has 0 unspecified atom stereocenters. The van der Waals surface area contributed by atoms with Crippen molar-refractivity contribution in [2.75, 3.05) is 0 Å². The molecule has 2 N–H and O–H groups in total. The van der Waals surface area contributed by atoms with Gasteiger partial charge in [-0.15, -0.1) is 10.1 Å². The van der Waals surface area contributed by atoms with E-state index in [1.54, 1.807) is 0 Å². The Morgan fingerprint density at radius 3 is 1.89 bits per heavy atom. The number of rotatable bonds is 2. The van der Waals surface area contributed by atoms with Crippen molar-refractivity contribution in [2.45, 2.75) is 7.43 Å². The zero-order valence-corrected chi connectivity index (χ0v) is 4.32. The highest BCUT2D eigenvalue weighted by atomic mass is 31.2. The Labute approximate surface area is 50.6 Å². The predicted octanol–water partition coefficient (Wildman–Crippen LogP) is -0.0765. The molecule has 7 nitrogen and oxygen atoms in total. The molecule has 0 aliphatic rings. The van der Waals surface area contributed by atoms with Crippen molar-refractivity contribution in [1.82, 2.24) is 0 Å². The molecule has 0 rings (SSSR count). The Kier molecular flexibility index (Phi) is 4.21. The van der Waals surface area contributed by atoms with Gasteiger partial charge in [0.1, 0.15) is 0 Å². The summed E-state index contributed by atoms with van der Waals surface area (Å²) in [7, 11) is -4.92. The molecule has 0 bridgehead atoms. The van der Waals surface area contributed by atoms with Gasteiger partial charge in [-0.1, -0.05) is 7.43 Å². The van der Waals surface area contributed by atoms with Crippen molar-refractivity contribution in [3.05, 3.63) is 10.1 Å². The second-order valence-corrected chi connectivity index (χ2v) is 1.94. The van der Waals surface area contributed by atoms with Gasteiger partial charge in [-0.2, -0.15) is 4.62 Å². The summed E-state index contributed by atoms with van der Waals surface area (Å²) in [6.45, 7) is 0. The highest BCUT2D eigenvalue weighted by Crippen LogP contribution is 2.35. The van der Waals surface area contributed by atoms with Gasteiger partial charge in [0.2, 0.25) is 0 Å². The summed E-state index contributed by atoms with van der Waals surface area (Å²) in [5.41, 5.74) is 0. The number of hydrogen-bond donors (Lipinski definition) is 2. The van der Waals surface area contributed by atoms with Crippen molar-refractivity contribution in [3.63, 3.8) is 0 Å². The minimum Gasteiger partial charge on any atom is -0.305 e. The van der Waals surface area contributed by atoms with E-state index >= 15 is 0 Å². The number of phosphoric acid groups is 1. The van der Waals surface area contributed by atoms with Gasteiger partial charge < -0.3 is 9.79 Å². The van der Waals surface area contributed by atoms with Crippen molar-refractivity contribution in [2.24, 2.45) is 0 Å². The van der Waals surface area contributed by atoms with Gasteiger partial charge >= 0.3 is 12.9 Å². The second kappa shape index (κ2) is 3.39. The van der Waals surface area contributed by atoms with Crippen LogP contribution in [-0.2, 0) is 9.19 Å². The molecule has 0 aromatic rings. The van der Waals surface area contributed by atoms with E-state index in [0.717, 1.165) is 0 Å². The maximum absolute atomic E-state index is 9.47. The predicted molar refractivity (Wildman–Crippen MR) is 26.9 cm³/mol. The molecule has 0 fully saturated rings. The minimum atomic E-state index is -4.92. The largest absolute Gasteiger partial charge is 0.501 e. The Morgan fingerprint density at radius 2 is 1.89 bits per heavy atom. The lowest BCUT2D eigenvalue weighted by Crippen LogP contribution is -1.96. The van der Waals surface area contributed by atoms with E-state index in [1.807, 2.05) is 0 Å². The maximum Gasteiger partial charge on any atom is 0.501 e. The van der Waals surface area contributed by atoms with Gasteiger partial charge in [0, 0.05) is 0 Å². The number of nitrogens with zero attached hydrogens (tertiary/aromatic N) is 1. The summed E-state index contributed by atoms with van der Waals surface area (Å²) in [4.78, 5) is 24.4. The normalized spacial score (nSPS) is 9.56. The molecule has 0 saturated heterocycles.